The van der Waals surface area contributed by atoms with E-state index in [1.54, 1.807) is 0 Å². The normalized spacial score (nSPS) is 18.6. The monoisotopic (exact) mass is 222 g/mol. The van der Waals surface area contributed by atoms with Crippen LogP contribution in [0.2, 0.25) is 0 Å². The van der Waals surface area contributed by atoms with Gasteiger partial charge in [0.05, 0.1) is 5.82 Å². The van der Waals surface area contributed by atoms with Gasteiger partial charge >= 0.3 is 0 Å². The van der Waals surface area contributed by atoms with Gasteiger partial charge in [0.15, 0.2) is 0 Å². The van der Waals surface area contributed by atoms with Crippen molar-refractivity contribution in [1.82, 2.24) is 5.32 Å². The minimum atomic E-state index is 0.755. The van der Waals surface area contributed by atoms with Crippen LogP contribution in [0.4, 0.5) is 0 Å². The summed E-state index contributed by atoms with van der Waals surface area (Å²) in [5.74, 6) is 0.755. The molecular formula is C5H7IN2. The van der Waals surface area contributed by atoms with Crippen LogP contribution in [-0.4, -0.2) is 6.54 Å². The second-order valence-electron chi connectivity index (χ2n) is 1.59. The molecule has 0 spiro atoms. The van der Waals surface area contributed by atoms with Crippen molar-refractivity contribution in [2.24, 2.45) is 5.73 Å². The Morgan fingerprint density at radius 2 is 2.38 bits per heavy atom. The van der Waals surface area contributed by atoms with Crippen LogP contribution in [0.25, 0.3) is 0 Å². The summed E-state index contributed by atoms with van der Waals surface area (Å²) in [6, 6.07) is 0. The zero-order valence-corrected chi connectivity index (χ0v) is 6.47. The lowest BCUT2D eigenvalue weighted by Crippen LogP contribution is -2.23. The molecule has 0 atom stereocenters. The summed E-state index contributed by atoms with van der Waals surface area (Å²) in [5, 5.41) is 2.99. The number of nitrogens with one attached hydrogen (secondary N) is 1. The topological polar surface area (TPSA) is 38.0 Å². The molecule has 0 unspecified atom stereocenters. The quantitative estimate of drug-likeness (QED) is 0.592. The number of hydrogen-bond acceptors (Lipinski definition) is 2. The Morgan fingerprint density at radius 1 is 1.62 bits per heavy atom. The number of nitrogens with two attached hydrogens (primary N) is 1. The number of halogens is 1. The van der Waals surface area contributed by atoms with E-state index in [4.69, 9.17) is 5.73 Å². The Bertz CT molecular complexity index is 131. The first-order valence-electron chi connectivity index (χ1n) is 2.35. The molecule has 0 aromatic heterocycles. The molecule has 0 bridgehead atoms. The van der Waals surface area contributed by atoms with Crippen LogP contribution in [0, 0.1) is 0 Å². The molecular weight excluding hydrogens is 215 g/mol. The van der Waals surface area contributed by atoms with Crippen LogP contribution in [0.3, 0.4) is 0 Å². The largest absolute Gasteiger partial charge is 0.386 e. The zero-order chi connectivity index (χ0) is 5.98. The molecule has 0 fully saturated rings. The van der Waals surface area contributed by atoms with E-state index in [0.717, 1.165) is 12.4 Å². The molecule has 1 aliphatic rings. The highest BCUT2D eigenvalue weighted by Crippen LogP contribution is 2.07. The third kappa shape index (κ3) is 1.40. The molecule has 8 heavy (non-hydrogen) atoms. The van der Waals surface area contributed by atoms with E-state index < -0.39 is 0 Å². The van der Waals surface area contributed by atoms with Crippen LogP contribution in [0.5, 0.6) is 0 Å². The molecule has 1 aliphatic heterocycles. The maximum atomic E-state index is 5.40. The Balaban J connectivity index is 2.65. The van der Waals surface area contributed by atoms with Crippen molar-refractivity contribution in [3.63, 3.8) is 0 Å². The van der Waals surface area contributed by atoms with Gasteiger partial charge in [-0.1, -0.05) is 0 Å². The lowest BCUT2D eigenvalue weighted by molar-refractivity contribution is 0.871. The van der Waals surface area contributed by atoms with Crippen LogP contribution >= 0.6 is 22.6 Å². The molecule has 1 heterocycles. The highest BCUT2D eigenvalue weighted by molar-refractivity contribution is 14.1. The van der Waals surface area contributed by atoms with E-state index in [1.807, 2.05) is 12.2 Å². The smallest absolute Gasteiger partial charge is 0.0963 e. The SMILES string of the molecule is NC1=CC=C(I)CN1. The summed E-state index contributed by atoms with van der Waals surface area (Å²) in [6.45, 7) is 0.878. The highest BCUT2D eigenvalue weighted by Gasteiger charge is 1.95. The second kappa shape index (κ2) is 2.39. The highest BCUT2D eigenvalue weighted by atomic mass is 127. The third-order valence-corrected chi connectivity index (χ3v) is 1.65. The van der Waals surface area contributed by atoms with Crippen molar-refractivity contribution in [2.45, 2.75) is 0 Å². The van der Waals surface area contributed by atoms with Crippen molar-refractivity contribution in [3.8, 4) is 0 Å². The van der Waals surface area contributed by atoms with Crippen molar-refractivity contribution in [3.05, 3.63) is 21.6 Å². The number of allylic oxidation sites excluding steroid dienone is 2. The molecule has 3 N–H and O–H groups in total. The molecule has 0 saturated carbocycles. The molecule has 0 radical (unpaired) electrons. The number of hydrogen-bond donors (Lipinski definition) is 2. The fourth-order valence-electron chi connectivity index (χ4n) is 0.485. The van der Waals surface area contributed by atoms with Gasteiger partial charge in [-0.2, -0.15) is 0 Å². The summed E-state index contributed by atoms with van der Waals surface area (Å²) in [5.41, 5.74) is 5.40. The zero-order valence-electron chi connectivity index (χ0n) is 4.32. The average Bonchev–Trinajstić information content (AvgIpc) is 1.77. The fraction of sp³-hybridized carbons (Fsp3) is 0.200. The van der Waals surface area contributed by atoms with E-state index in [1.165, 1.54) is 3.58 Å². The van der Waals surface area contributed by atoms with E-state index in [9.17, 15) is 0 Å². The Morgan fingerprint density at radius 3 is 2.75 bits per heavy atom. The minimum Gasteiger partial charge on any atom is -0.386 e. The summed E-state index contributed by atoms with van der Waals surface area (Å²) in [4.78, 5) is 0. The first kappa shape index (κ1) is 5.94. The van der Waals surface area contributed by atoms with Crippen molar-refractivity contribution >= 4 is 22.6 Å². The maximum Gasteiger partial charge on any atom is 0.0963 e. The van der Waals surface area contributed by atoms with Gasteiger partial charge in [-0.15, -0.1) is 0 Å². The van der Waals surface area contributed by atoms with Gasteiger partial charge < -0.3 is 11.1 Å². The summed E-state index contributed by atoms with van der Waals surface area (Å²) < 4.78 is 1.29. The van der Waals surface area contributed by atoms with Gasteiger partial charge in [0, 0.05) is 10.1 Å². The first-order valence-corrected chi connectivity index (χ1v) is 3.42. The molecule has 2 nitrogen and oxygen atoms in total. The molecule has 1 rings (SSSR count). The van der Waals surface area contributed by atoms with Crippen molar-refractivity contribution in [2.75, 3.05) is 6.54 Å². The number of rotatable bonds is 0. The predicted molar refractivity (Wildman–Crippen MR) is 42.4 cm³/mol. The van der Waals surface area contributed by atoms with Gasteiger partial charge in [0.25, 0.3) is 0 Å². The standard InChI is InChI=1S/C5H7IN2/c6-4-1-2-5(7)8-3-4/h1-2,8H,3,7H2. The lowest BCUT2D eigenvalue weighted by Gasteiger charge is -2.08. The van der Waals surface area contributed by atoms with E-state index in [2.05, 4.69) is 27.9 Å². The molecule has 0 amide bonds. The molecule has 0 aliphatic carbocycles. The molecule has 0 aromatic carbocycles. The predicted octanol–water partition coefficient (Wildman–Crippen LogP) is 0.709. The summed E-state index contributed by atoms with van der Waals surface area (Å²) in [6.07, 6.45) is 3.87. The minimum absolute atomic E-state index is 0.755. The fourth-order valence-corrected chi connectivity index (χ4v) is 0.855. The third-order valence-electron chi connectivity index (χ3n) is 0.905. The second-order valence-corrected chi connectivity index (χ2v) is 2.97. The molecule has 0 aromatic rings. The first-order chi connectivity index (χ1) is 3.79. The van der Waals surface area contributed by atoms with E-state index >= 15 is 0 Å². The maximum absolute atomic E-state index is 5.40. The Labute approximate surface area is 62.0 Å². The molecule has 0 saturated heterocycles. The van der Waals surface area contributed by atoms with Gasteiger partial charge in [0.2, 0.25) is 0 Å². The Kier molecular flexibility index (Phi) is 1.77. The van der Waals surface area contributed by atoms with Crippen LogP contribution < -0.4 is 11.1 Å². The Hall–Kier alpha value is -0.190. The van der Waals surface area contributed by atoms with Crippen LogP contribution in [0.15, 0.2) is 21.6 Å². The lowest BCUT2D eigenvalue weighted by atomic mass is 10.4. The van der Waals surface area contributed by atoms with Crippen molar-refractivity contribution < 1.29 is 0 Å². The van der Waals surface area contributed by atoms with Crippen molar-refractivity contribution in [1.29, 1.82) is 0 Å². The average molecular weight is 222 g/mol. The van der Waals surface area contributed by atoms with Gasteiger partial charge in [0.1, 0.15) is 0 Å². The molecule has 44 valence electrons. The van der Waals surface area contributed by atoms with Gasteiger partial charge in [-0.25, -0.2) is 0 Å². The van der Waals surface area contributed by atoms with Crippen LogP contribution in [-0.2, 0) is 0 Å². The van der Waals surface area contributed by atoms with Gasteiger partial charge in [-0.3, -0.25) is 0 Å². The van der Waals surface area contributed by atoms with Gasteiger partial charge in [-0.05, 0) is 34.7 Å². The number of dihydropyridines is 1. The van der Waals surface area contributed by atoms with E-state index in [-0.39, 0.29) is 0 Å². The van der Waals surface area contributed by atoms with E-state index in [0.29, 0.717) is 0 Å². The summed E-state index contributed by atoms with van der Waals surface area (Å²) >= 11 is 2.27. The summed E-state index contributed by atoms with van der Waals surface area (Å²) in [7, 11) is 0. The van der Waals surface area contributed by atoms with Crippen LogP contribution in [0.1, 0.15) is 0 Å². The molecule has 3 heteroatoms.